The Labute approximate surface area is 78.6 Å². The Bertz CT molecular complexity index is 253. The Morgan fingerprint density at radius 3 is 2.54 bits per heavy atom. The lowest BCUT2D eigenvalue weighted by molar-refractivity contribution is -0.142. The minimum atomic E-state index is -0.600. The summed E-state index contributed by atoms with van der Waals surface area (Å²) in [5.74, 6) is -0.686. The van der Waals surface area contributed by atoms with Gasteiger partial charge in [-0.15, -0.1) is 0 Å². The Morgan fingerprint density at radius 2 is 1.85 bits per heavy atom. The van der Waals surface area contributed by atoms with Crippen LogP contribution in [0.4, 0.5) is 0 Å². The zero-order valence-corrected chi connectivity index (χ0v) is 7.88. The molecular weight excluding hydrogens is 164 g/mol. The van der Waals surface area contributed by atoms with Crippen LogP contribution in [0.5, 0.6) is 0 Å². The molecule has 0 radical (unpaired) electrons. The predicted octanol–water partition coefficient (Wildman–Crippen LogP) is 2.74. The third kappa shape index (κ3) is 1.77. The van der Waals surface area contributed by atoms with Gasteiger partial charge < -0.3 is 5.11 Å². The highest BCUT2D eigenvalue weighted by Crippen LogP contribution is 2.37. The molecule has 2 aliphatic carbocycles. The summed E-state index contributed by atoms with van der Waals surface area (Å²) in [5.41, 5.74) is 3.06. The van der Waals surface area contributed by atoms with Crippen molar-refractivity contribution in [2.45, 2.75) is 44.9 Å². The van der Waals surface area contributed by atoms with Crippen LogP contribution in [-0.2, 0) is 4.79 Å². The minimum Gasteiger partial charge on any atom is -0.481 e. The van der Waals surface area contributed by atoms with Gasteiger partial charge in [0.15, 0.2) is 0 Å². The molecule has 0 saturated carbocycles. The van der Waals surface area contributed by atoms with Crippen LogP contribution in [0.15, 0.2) is 11.1 Å². The minimum absolute atomic E-state index is 0.0863. The predicted molar refractivity (Wildman–Crippen MR) is 50.5 cm³/mol. The van der Waals surface area contributed by atoms with Crippen molar-refractivity contribution in [3.63, 3.8) is 0 Å². The third-order valence-corrected chi connectivity index (χ3v) is 3.34. The van der Waals surface area contributed by atoms with E-state index in [1.165, 1.54) is 31.3 Å². The van der Waals surface area contributed by atoms with Gasteiger partial charge in [0.1, 0.15) is 0 Å². The van der Waals surface area contributed by atoms with E-state index >= 15 is 0 Å². The molecule has 2 aliphatic rings. The fraction of sp³-hybridized carbons (Fsp3) is 0.727. The molecule has 0 aromatic rings. The van der Waals surface area contributed by atoms with Gasteiger partial charge in [-0.2, -0.15) is 0 Å². The molecule has 2 rings (SSSR count). The average molecular weight is 180 g/mol. The van der Waals surface area contributed by atoms with E-state index in [9.17, 15) is 4.79 Å². The second-order valence-electron chi connectivity index (χ2n) is 4.19. The summed E-state index contributed by atoms with van der Waals surface area (Å²) in [7, 11) is 0. The molecule has 0 aromatic heterocycles. The van der Waals surface area contributed by atoms with Gasteiger partial charge in [0.2, 0.25) is 0 Å². The van der Waals surface area contributed by atoms with Crippen molar-refractivity contribution in [2.75, 3.05) is 0 Å². The topological polar surface area (TPSA) is 37.3 Å². The van der Waals surface area contributed by atoms with Crippen molar-refractivity contribution in [2.24, 2.45) is 5.92 Å². The standard InChI is InChI=1S/C11H16O2/c12-11(13)10-6-5-8-3-1-2-4-9(8)7-10/h10H,1-7H2,(H,12,13). The summed E-state index contributed by atoms with van der Waals surface area (Å²) in [6.07, 6.45) is 7.74. The van der Waals surface area contributed by atoms with Gasteiger partial charge in [-0.1, -0.05) is 11.1 Å². The molecule has 0 heterocycles. The van der Waals surface area contributed by atoms with Crippen LogP contribution in [0.3, 0.4) is 0 Å². The molecular formula is C11H16O2. The fourth-order valence-electron chi connectivity index (χ4n) is 2.54. The van der Waals surface area contributed by atoms with Crippen LogP contribution in [0, 0.1) is 5.92 Å². The number of carboxylic acid groups (broad SMARTS) is 1. The maximum atomic E-state index is 10.8. The SMILES string of the molecule is O=C(O)C1CCC2=C(CCCC2)C1. The zero-order chi connectivity index (χ0) is 9.26. The first-order valence-electron chi connectivity index (χ1n) is 5.20. The Balaban J connectivity index is 2.09. The van der Waals surface area contributed by atoms with Crippen molar-refractivity contribution in [3.05, 3.63) is 11.1 Å². The van der Waals surface area contributed by atoms with E-state index in [0.29, 0.717) is 0 Å². The van der Waals surface area contributed by atoms with E-state index in [2.05, 4.69) is 0 Å². The number of hydrogen-bond acceptors (Lipinski definition) is 1. The normalized spacial score (nSPS) is 28.5. The van der Waals surface area contributed by atoms with Crippen molar-refractivity contribution in [3.8, 4) is 0 Å². The van der Waals surface area contributed by atoms with Gasteiger partial charge in [-0.3, -0.25) is 4.79 Å². The number of carboxylic acids is 1. The molecule has 13 heavy (non-hydrogen) atoms. The van der Waals surface area contributed by atoms with Crippen LogP contribution in [-0.4, -0.2) is 11.1 Å². The zero-order valence-electron chi connectivity index (χ0n) is 7.88. The molecule has 0 spiro atoms. The molecule has 2 nitrogen and oxygen atoms in total. The highest BCUT2D eigenvalue weighted by atomic mass is 16.4. The van der Waals surface area contributed by atoms with E-state index in [-0.39, 0.29) is 5.92 Å². The van der Waals surface area contributed by atoms with Crippen molar-refractivity contribution < 1.29 is 9.90 Å². The van der Waals surface area contributed by atoms with E-state index in [4.69, 9.17) is 5.11 Å². The number of aliphatic carboxylic acids is 1. The third-order valence-electron chi connectivity index (χ3n) is 3.34. The molecule has 0 saturated heterocycles. The van der Waals surface area contributed by atoms with Crippen LogP contribution in [0.25, 0.3) is 0 Å². The number of hydrogen-bond donors (Lipinski definition) is 1. The molecule has 0 fully saturated rings. The summed E-state index contributed by atoms with van der Waals surface area (Å²) in [5, 5.41) is 8.91. The summed E-state index contributed by atoms with van der Waals surface area (Å²) >= 11 is 0. The number of allylic oxidation sites excluding steroid dienone is 2. The van der Waals surface area contributed by atoms with Crippen LogP contribution in [0.2, 0.25) is 0 Å². The quantitative estimate of drug-likeness (QED) is 0.630. The summed E-state index contributed by atoms with van der Waals surface area (Å²) in [6, 6.07) is 0. The summed E-state index contributed by atoms with van der Waals surface area (Å²) in [4.78, 5) is 10.8. The van der Waals surface area contributed by atoms with Gasteiger partial charge >= 0.3 is 5.97 Å². The molecule has 0 bridgehead atoms. The molecule has 72 valence electrons. The van der Waals surface area contributed by atoms with Gasteiger partial charge in [0.05, 0.1) is 5.92 Å². The molecule has 1 atom stereocenters. The number of rotatable bonds is 1. The second kappa shape index (κ2) is 3.52. The smallest absolute Gasteiger partial charge is 0.306 e. The van der Waals surface area contributed by atoms with Crippen molar-refractivity contribution in [1.82, 2.24) is 0 Å². The molecule has 1 N–H and O–H groups in total. The summed E-state index contributed by atoms with van der Waals surface area (Å²) in [6.45, 7) is 0. The average Bonchev–Trinajstić information content (AvgIpc) is 2.17. The first-order valence-corrected chi connectivity index (χ1v) is 5.20. The Morgan fingerprint density at radius 1 is 1.15 bits per heavy atom. The van der Waals surface area contributed by atoms with E-state index in [0.717, 1.165) is 19.3 Å². The van der Waals surface area contributed by atoms with Crippen LogP contribution >= 0.6 is 0 Å². The molecule has 2 heteroatoms. The van der Waals surface area contributed by atoms with Crippen LogP contribution < -0.4 is 0 Å². The van der Waals surface area contributed by atoms with Gasteiger partial charge in [-0.25, -0.2) is 0 Å². The van der Waals surface area contributed by atoms with E-state index in [1.54, 1.807) is 5.57 Å². The highest BCUT2D eigenvalue weighted by Gasteiger charge is 2.26. The Hall–Kier alpha value is -0.790. The molecule has 0 aromatic carbocycles. The van der Waals surface area contributed by atoms with Gasteiger partial charge in [-0.05, 0) is 44.9 Å². The largest absolute Gasteiger partial charge is 0.481 e. The fourth-order valence-corrected chi connectivity index (χ4v) is 2.54. The molecule has 0 aliphatic heterocycles. The molecule has 1 unspecified atom stereocenters. The monoisotopic (exact) mass is 180 g/mol. The lowest BCUT2D eigenvalue weighted by atomic mass is 9.77. The Kier molecular flexibility index (Phi) is 2.38. The summed E-state index contributed by atoms with van der Waals surface area (Å²) < 4.78 is 0. The van der Waals surface area contributed by atoms with Crippen molar-refractivity contribution in [1.29, 1.82) is 0 Å². The van der Waals surface area contributed by atoms with Gasteiger partial charge in [0, 0.05) is 0 Å². The van der Waals surface area contributed by atoms with Crippen molar-refractivity contribution >= 4 is 5.97 Å². The first-order chi connectivity index (χ1) is 6.27. The lowest BCUT2D eigenvalue weighted by Crippen LogP contribution is -2.20. The van der Waals surface area contributed by atoms with Crippen LogP contribution in [0.1, 0.15) is 44.9 Å². The van der Waals surface area contributed by atoms with Gasteiger partial charge in [0.25, 0.3) is 0 Å². The maximum Gasteiger partial charge on any atom is 0.306 e. The molecule has 0 amide bonds. The van der Waals surface area contributed by atoms with E-state index in [1.807, 2.05) is 0 Å². The van der Waals surface area contributed by atoms with E-state index < -0.39 is 5.97 Å². The highest BCUT2D eigenvalue weighted by molar-refractivity contribution is 5.70. The second-order valence-corrected chi connectivity index (χ2v) is 4.19. The lowest BCUT2D eigenvalue weighted by Gasteiger charge is -2.28. The first kappa shape index (κ1) is 8.79. The number of carbonyl (C=O) groups is 1. The maximum absolute atomic E-state index is 10.8.